The summed E-state index contributed by atoms with van der Waals surface area (Å²) in [6, 6.07) is 51.7. The predicted molar refractivity (Wildman–Crippen MR) is 202 cm³/mol. The van der Waals surface area contributed by atoms with E-state index in [2.05, 4.69) is 133 Å². The Labute approximate surface area is 284 Å². The Morgan fingerprint density at radius 3 is 1.94 bits per heavy atom. The summed E-state index contributed by atoms with van der Waals surface area (Å²) < 4.78 is 6.40. The van der Waals surface area contributed by atoms with E-state index >= 15 is 0 Å². The van der Waals surface area contributed by atoms with Gasteiger partial charge in [0.2, 0.25) is 0 Å². The normalized spacial score (nSPS) is 17.2. The number of fused-ring (bicyclic) bond motifs is 4. The molecule has 4 radical (unpaired) electrons. The highest BCUT2D eigenvalue weighted by atomic mass is 16.3. The minimum Gasteiger partial charge on any atom is -0.455 e. The van der Waals surface area contributed by atoms with Crippen molar-refractivity contribution >= 4 is 43.2 Å². The highest BCUT2D eigenvalue weighted by Crippen LogP contribution is 2.55. The maximum absolute atomic E-state index is 6.56. The lowest BCUT2D eigenvalue weighted by molar-refractivity contribution is 0.661. The molecule has 0 N–H and O–H groups in total. The molecule has 222 valence electrons. The standard InChI is InChI=1S/C45H30B2O/c1-3-41(46)43(47)29(2)39-28-45(40-18-9-7-14-36(39)40,33-24-20-31(21-25-33)30-12-5-4-6-13-30)34-26-22-32(23-27-34)35-16-11-17-38-37-15-8-10-19-42(37)48-44(35)38/h1,4-27H,28H2,2H3/b39-29+,43-41-. The van der Waals surface area contributed by atoms with Gasteiger partial charge in [-0.25, -0.2) is 0 Å². The van der Waals surface area contributed by atoms with E-state index in [0.29, 0.717) is 11.9 Å². The molecule has 1 atom stereocenters. The van der Waals surface area contributed by atoms with Gasteiger partial charge < -0.3 is 4.42 Å². The third kappa shape index (κ3) is 4.68. The monoisotopic (exact) mass is 608 g/mol. The van der Waals surface area contributed by atoms with Crippen LogP contribution in [0.25, 0.3) is 49.8 Å². The van der Waals surface area contributed by atoms with E-state index in [1.165, 1.54) is 27.8 Å². The second-order valence-electron chi connectivity index (χ2n) is 12.5. The molecule has 0 saturated heterocycles. The van der Waals surface area contributed by atoms with Gasteiger partial charge in [-0.05, 0) is 63.9 Å². The lowest BCUT2D eigenvalue weighted by Gasteiger charge is -2.32. The SMILES string of the molecule is [B]/C(C#C)=C([B])/C(C)=C1\CC(c2ccc(-c3ccccc3)cc2)(c2ccc(-c3cccc4c3oc3ccccc34)cc2)c2ccccc21. The molecule has 8 rings (SSSR count). The van der Waals surface area contributed by atoms with Gasteiger partial charge in [0.25, 0.3) is 0 Å². The fourth-order valence-corrected chi connectivity index (χ4v) is 7.52. The third-order valence-corrected chi connectivity index (χ3v) is 10.0. The molecule has 48 heavy (non-hydrogen) atoms. The number of allylic oxidation sites excluding steroid dienone is 4. The van der Waals surface area contributed by atoms with Crippen molar-refractivity contribution in [3.63, 3.8) is 0 Å². The summed E-state index contributed by atoms with van der Waals surface area (Å²) in [6.45, 7) is 2.03. The van der Waals surface area contributed by atoms with Gasteiger partial charge in [0.1, 0.15) is 26.9 Å². The number of rotatable bonds is 5. The van der Waals surface area contributed by atoms with Crippen molar-refractivity contribution in [3.8, 4) is 34.6 Å². The van der Waals surface area contributed by atoms with Crippen LogP contribution in [0.1, 0.15) is 35.6 Å². The molecule has 0 fully saturated rings. The predicted octanol–water partition coefficient (Wildman–Crippen LogP) is 10.6. The Kier molecular flexibility index (Phi) is 7.31. The Hall–Kier alpha value is -5.71. The van der Waals surface area contributed by atoms with Crippen LogP contribution < -0.4 is 0 Å². The quantitative estimate of drug-likeness (QED) is 0.140. The van der Waals surface area contributed by atoms with Crippen LogP contribution in [-0.4, -0.2) is 15.7 Å². The molecule has 0 bridgehead atoms. The fraction of sp³-hybridized carbons (Fsp3) is 0.0667. The summed E-state index contributed by atoms with van der Waals surface area (Å²) in [5, 5.41) is 2.24. The minimum atomic E-state index is -0.475. The van der Waals surface area contributed by atoms with Gasteiger partial charge in [0, 0.05) is 21.8 Å². The first-order chi connectivity index (χ1) is 23.5. The molecule has 1 heterocycles. The summed E-state index contributed by atoms with van der Waals surface area (Å²) in [6.07, 6.45) is 6.39. The summed E-state index contributed by atoms with van der Waals surface area (Å²) in [7, 11) is 12.7. The molecule has 1 aliphatic carbocycles. The number of hydrogen-bond acceptors (Lipinski definition) is 1. The van der Waals surface area contributed by atoms with Crippen molar-refractivity contribution in [2.24, 2.45) is 0 Å². The van der Waals surface area contributed by atoms with Crippen LogP contribution in [0.3, 0.4) is 0 Å². The molecule has 0 spiro atoms. The van der Waals surface area contributed by atoms with Crippen LogP contribution in [0.15, 0.2) is 167 Å². The van der Waals surface area contributed by atoms with Gasteiger partial charge in [0.05, 0.1) is 0 Å². The van der Waals surface area contributed by atoms with Crippen LogP contribution in [0.2, 0.25) is 0 Å². The number of benzene rings is 6. The molecule has 1 unspecified atom stereocenters. The molecular weight excluding hydrogens is 578 g/mol. The van der Waals surface area contributed by atoms with Crippen molar-refractivity contribution in [2.75, 3.05) is 0 Å². The second kappa shape index (κ2) is 11.8. The Morgan fingerprint density at radius 2 is 1.21 bits per heavy atom. The van der Waals surface area contributed by atoms with Crippen molar-refractivity contribution in [1.82, 2.24) is 0 Å². The largest absolute Gasteiger partial charge is 0.455 e. The van der Waals surface area contributed by atoms with Gasteiger partial charge in [0.15, 0.2) is 0 Å². The maximum Gasteiger partial charge on any atom is 0.143 e. The van der Waals surface area contributed by atoms with E-state index in [0.717, 1.165) is 49.8 Å². The zero-order valence-electron chi connectivity index (χ0n) is 26.7. The molecule has 1 aromatic heterocycles. The van der Waals surface area contributed by atoms with Gasteiger partial charge in [-0.2, -0.15) is 0 Å². The summed E-state index contributed by atoms with van der Waals surface area (Å²) in [4.78, 5) is 0. The zero-order valence-corrected chi connectivity index (χ0v) is 26.7. The molecular formula is C45H30B2O. The fourth-order valence-electron chi connectivity index (χ4n) is 7.52. The Bertz CT molecular complexity index is 2440. The highest BCUT2D eigenvalue weighted by molar-refractivity contribution is 6.35. The van der Waals surface area contributed by atoms with Gasteiger partial charge in [-0.3, -0.25) is 0 Å². The lowest BCUT2D eigenvalue weighted by atomic mass is 9.69. The first-order valence-electron chi connectivity index (χ1n) is 16.2. The zero-order chi connectivity index (χ0) is 32.8. The molecule has 3 heteroatoms. The van der Waals surface area contributed by atoms with E-state index in [1.54, 1.807) is 0 Å². The first kappa shape index (κ1) is 29.7. The smallest absolute Gasteiger partial charge is 0.143 e. The average molecular weight is 608 g/mol. The van der Waals surface area contributed by atoms with Crippen molar-refractivity contribution in [1.29, 1.82) is 0 Å². The van der Waals surface area contributed by atoms with Crippen LogP contribution >= 0.6 is 0 Å². The topological polar surface area (TPSA) is 13.1 Å². The summed E-state index contributed by atoms with van der Waals surface area (Å²) >= 11 is 0. The van der Waals surface area contributed by atoms with E-state index in [-0.39, 0.29) is 5.47 Å². The molecule has 1 aliphatic rings. The maximum atomic E-state index is 6.56. The Balaban J connectivity index is 1.32. The number of hydrogen-bond donors (Lipinski definition) is 0. The van der Waals surface area contributed by atoms with Crippen molar-refractivity contribution in [3.05, 3.63) is 184 Å². The van der Waals surface area contributed by atoms with Crippen molar-refractivity contribution < 1.29 is 4.42 Å². The first-order valence-corrected chi connectivity index (χ1v) is 16.2. The van der Waals surface area contributed by atoms with Crippen LogP contribution in [0.4, 0.5) is 0 Å². The van der Waals surface area contributed by atoms with Crippen LogP contribution in [0, 0.1) is 12.3 Å². The highest BCUT2D eigenvalue weighted by Gasteiger charge is 2.44. The van der Waals surface area contributed by atoms with Gasteiger partial charge in [-0.1, -0.05) is 162 Å². The summed E-state index contributed by atoms with van der Waals surface area (Å²) in [5.41, 5.74) is 13.4. The van der Waals surface area contributed by atoms with E-state index in [4.69, 9.17) is 26.5 Å². The van der Waals surface area contributed by atoms with Crippen LogP contribution in [-0.2, 0) is 5.41 Å². The summed E-state index contributed by atoms with van der Waals surface area (Å²) in [5.74, 6) is 2.53. The molecule has 1 nitrogen and oxygen atoms in total. The lowest BCUT2D eigenvalue weighted by Crippen LogP contribution is -2.26. The number of para-hydroxylation sites is 2. The van der Waals surface area contributed by atoms with E-state index in [1.807, 2.05) is 25.1 Å². The molecule has 0 amide bonds. The average Bonchev–Trinajstić information content (AvgIpc) is 3.72. The molecule has 0 saturated carbocycles. The molecule has 7 aromatic rings. The van der Waals surface area contributed by atoms with Gasteiger partial charge >= 0.3 is 0 Å². The van der Waals surface area contributed by atoms with Crippen molar-refractivity contribution in [2.45, 2.75) is 18.8 Å². The second-order valence-corrected chi connectivity index (χ2v) is 12.5. The molecule has 0 aliphatic heterocycles. The van der Waals surface area contributed by atoms with Crippen LogP contribution in [0.5, 0.6) is 0 Å². The third-order valence-electron chi connectivity index (χ3n) is 10.0. The number of terminal acetylenes is 1. The van der Waals surface area contributed by atoms with E-state index in [9.17, 15) is 0 Å². The molecule has 6 aromatic carbocycles. The number of furan rings is 1. The van der Waals surface area contributed by atoms with E-state index < -0.39 is 5.41 Å². The van der Waals surface area contributed by atoms with Gasteiger partial charge in [-0.15, -0.1) is 6.42 Å². The Morgan fingerprint density at radius 1 is 0.625 bits per heavy atom. The minimum absolute atomic E-state index is 0.256.